The summed E-state index contributed by atoms with van der Waals surface area (Å²) in [4.78, 5) is 17.9. The number of benzene rings is 1. The Morgan fingerprint density at radius 1 is 1.43 bits per heavy atom. The topological polar surface area (TPSA) is 79.2 Å². The fourth-order valence-electron chi connectivity index (χ4n) is 2.78. The van der Waals surface area contributed by atoms with Crippen molar-refractivity contribution < 1.29 is 5.11 Å². The number of fused-ring (bicyclic) bond motifs is 3. The summed E-state index contributed by atoms with van der Waals surface area (Å²) in [7, 11) is 1.85. The predicted octanol–water partition coefficient (Wildman–Crippen LogP) is 1.42. The van der Waals surface area contributed by atoms with E-state index in [1.54, 1.807) is 24.3 Å². The number of thioether (sulfide) groups is 1. The van der Waals surface area contributed by atoms with Gasteiger partial charge in [-0.25, -0.2) is 4.98 Å². The molecule has 6 nitrogen and oxygen atoms in total. The summed E-state index contributed by atoms with van der Waals surface area (Å²) < 4.78 is 1.45. The van der Waals surface area contributed by atoms with Crippen LogP contribution in [-0.2, 0) is 0 Å². The van der Waals surface area contributed by atoms with Crippen LogP contribution in [0.15, 0.2) is 58.3 Å². The standard InChI is InChI=1S/C16H14N4O2S/c1-17-11-5-6-18-15-12(11)13-14(23-15)16(22)20(8-19-13)9-3-2-4-10(21)7-9/h2-8,15,17-18,21H,1H3. The molecule has 1 atom stereocenters. The van der Waals surface area contributed by atoms with Gasteiger partial charge in [-0.1, -0.05) is 17.8 Å². The third kappa shape index (κ3) is 2.12. The Balaban J connectivity index is 1.90. The number of hydrogen-bond acceptors (Lipinski definition) is 6. The van der Waals surface area contributed by atoms with Crippen LogP contribution in [0.3, 0.4) is 0 Å². The quantitative estimate of drug-likeness (QED) is 0.775. The Morgan fingerprint density at radius 2 is 2.30 bits per heavy atom. The van der Waals surface area contributed by atoms with Gasteiger partial charge in [0.25, 0.3) is 5.56 Å². The van der Waals surface area contributed by atoms with Crippen LogP contribution in [0.2, 0.25) is 0 Å². The number of nitrogens with zero attached hydrogens (tertiary/aromatic N) is 2. The molecule has 0 fully saturated rings. The van der Waals surface area contributed by atoms with Gasteiger partial charge in [0, 0.05) is 24.4 Å². The molecule has 1 aromatic carbocycles. The third-order valence-corrected chi connectivity index (χ3v) is 5.06. The summed E-state index contributed by atoms with van der Waals surface area (Å²) in [5, 5.41) is 16.0. The van der Waals surface area contributed by atoms with E-state index in [1.165, 1.54) is 22.7 Å². The normalized spacial score (nSPS) is 18.4. The molecule has 0 saturated heterocycles. The van der Waals surface area contributed by atoms with E-state index in [1.807, 2.05) is 19.3 Å². The van der Waals surface area contributed by atoms with Gasteiger partial charge in [-0.15, -0.1) is 0 Å². The zero-order valence-electron chi connectivity index (χ0n) is 12.3. The van der Waals surface area contributed by atoms with Gasteiger partial charge in [-0.3, -0.25) is 9.36 Å². The average Bonchev–Trinajstić information content (AvgIpc) is 2.95. The molecule has 0 saturated carbocycles. The molecule has 0 bridgehead atoms. The van der Waals surface area contributed by atoms with Crippen molar-refractivity contribution in [2.24, 2.45) is 0 Å². The van der Waals surface area contributed by atoms with Crippen molar-refractivity contribution in [2.75, 3.05) is 7.05 Å². The van der Waals surface area contributed by atoms with E-state index in [4.69, 9.17) is 0 Å². The van der Waals surface area contributed by atoms with Gasteiger partial charge < -0.3 is 15.7 Å². The van der Waals surface area contributed by atoms with Gasteiger partial charge in [0.2, 0.25) is 0 Å². The molecule has 1 aromatic heterocycles. The molecule has 3 N–H and O–H groups in total. The summed E-state index contributed by atoms with van der Waals surface area (Å²) in [6.45, 7) is 0. The van der Waals surface area contributed by atoms with E-state index in [0.29, 0.717) is 16.3 Å². The maximum atomic E-state index is 12.8. The Labute approximate surface area is 136 Å². The summed E-state index contributed by atoms with van der Waals surface area (Å²) in [6.07, 6.45) is 5.31. The van der Waals surface area contributed by atoms with Crippen molar-refractivity contribution in [3.8, 4) is 11.4 Å². The second kappa shape index (κ2) is 5.20. The number of likely N-dealkylation sites (N-methyl/N-ethyl adjacent to an activating group) is 1. The first-order valence-electron chi connectivity index (χ1n) is 7.11. The highest BCUT2D eigenvalue weighted by Gasteiger charge is 2.35. The number of aromatic nitrogens is 2. The number of allylic oxidation sites excluding steroid dienone is 1. The molecule has 1 unspecified atom stereocenters. The van der Waals surface area contributed by atoms with Crippen molar-refractivity contribution in [3.05, 3.63) is 64.6 Å². The zero-order valence-corrected chi connectivity index (χ0v) is 13.1. The maximum absolute atomic E-state index is 12.8. The molecule has 0 amide bonds. The molecule has 0 radical (unpaired) electrons. The molecular weight excluding hydrogens is 312 g/mol. The van der Waals surface area contributed by atoms with Crippen molar-refractivity contribution in [1.29, 1.82) is 0 Å². The van der Waals surface area contributed by atoms with Crippen LogP contribution in [0.1, 0.15) is 5.69 Å². The van der Waals surface area contributed by atoms with Crippen LogP contribution in [0, 0.1) is 0 Å². The lowest BCUT2D eigenvalue weighted by Crippen LogP contribution is -2.26. The fourth-order valence-corrected chi connectivity index (χ4v) is 3.99. The number of aromatic hydroxyl groups is 1. The fraction of sp³-hybridized carbons (Fsp3) is 0.125. The molecule has 2 aliphatic rings. The van der Waals surface area contributed by atoms with Crippen LogP contribution in [0.5, 0.6) is 5.75 Å². The second-order valence-electron chi connectivity index (χ2n) is 5.19. The van der Waals surface area contributed by atoms with E-state index in [2.05, 4.69) is 15.6 Å². The highest BCUT2D eigenvalue weighted by Crippen LogP contribution is 2.43. The smallest absolute Gasteiger partial charge is 0.272 e. The minimum atomic E-state index is -0.134. The Kier molecular flexibility index (Phi) is 3.16. The van der Waals surface area contributed by atoms with Gasteiger partial charge in [0.1, 0.15) is 22.3 Å². The van der Waals surface area contributed by atoms with E-state index in [9.17, 15) is 9.90 Å². The predicted molar refractivity (Wildman–Crippen MR) is 89.4 cm³/mol. The van der Waals surface area contributed by atoms with Crippen molar-refractivity contribution in [2.45, 2.75) is 10.3 Å². The minimum absolute atomic E-state index is 0.0160. The first kappa shape index (κ1) is 14.0. The molecule has 2 aliphatic heterocycles. The van der Waals surface area contributed by atoms with Crippen LogP contribution in [0.25, 0.3) is 11.3 Å². The number of phenols is 1. The minimum Gasteiger partial charge on any atom is -0.508 e. The lowest BCUT2D eigenvalue weighted by atomic mass is 10.1. The Bertz CT molecular complexity index is 917. The summed E-state index contributed by atoms with van der Waals surface area (Å²) in [6, 6.07) is 6.57. The monoisotopic (exact) mass is 326 g/mol. The number of rotatable bonds is 2. The van der Waals surface area contributed by atoms with Crippen LogP contribution in [-0.4, -0.2) is 27.1 Å². The van der Waals surface area contributed by atoms with Crippen LogP contribution < -0.4 is 16.2 Å². The Morgan fingerprint density at radius 3 is 3.09 bits per heavy atom. The molecule has 7 heteroatoms. The molecule has 2 aromatic rings. The third-order valence-electron chi connectivity index (χ3n) is 3.85. The zero-order chi connectivity index (χ0) is 16.0. The first-order valence-corrected chi connectivity index (χ1v) is 7.99. The van der Waals surface area contributed by atoms with Crippen molar-refractivity contribution >= 4 is 17.3 Å². The van der Waals surface area contributed by atoms with Gasteiger partial charge in [-0.2, -0.15) is 0 Å². The van der Waals surface area contributed by atoms with Crippen LogP contribution in [0.4, 0.5) is 0 Å². The lowest BCUT2D eigenvalue weighted by Gasteiger charge is -2.19. The second-order valence-corrected chi connectivity index (χ2v) is 6.31. The largest absolute Gasteiger partial charge is 0.508 e. The van der Waals surface area contributed by atoms with E-state index in [0.717, 1.165) is 11.3 Å². The van der Waals surface area contributed by atoms with E-state index in [-0.39, 0.29) is 16.7 Å². The number of phenolic OH excluding ortho intramolecular Hbond substituents is 1. The van der Waals surface area contributed by atoms with Gasteiger partial charge in [0.05, 0.1) is 11.4 Å². The highest BCUT2D eigenvalue weighted by molar-refractivity contribution is 8.00. The van der Waals surface area contributed by atoms with E-state index < -0.39 is 0 Å². The number of nitrogens with one attached hydrogen (secondary N) is 2. The van der Waals surface area contributed by atoms with Crippen molar-refractivity contribution in [1.82, 2.24) is 20.2 Å². The number of dihydropyridines is 1. The lowest BCUT2D eigenvalue weighted by molar-refractivity contribution is 0.475. The molecule has 3 heterocycles. The SMILES string of the molecule is CNC1=C2c3ncn(-c4cccc(O)c4)c(=O)c3SC2NC=C1. The molecular formula is C16H14N4O2S. The molecule has 0 aliphatic carbocycles. The highest BCUT2D eigenvalue weighted by atomic mass is 32.2. The van der Waals surface area contributed by atoms with E-state index >= 15 is 0 Å². The van der Waals surface area contributed by atoms with Gasteiger partial charge >= 0.3 is 0 Å². The summed E-state index contributed by atoms with van der Waals surface area (Å²) in [5.74, 6) is 0.113. The molecule has 4 rings (SSSR count). The van der Waals surface area contributed by atoms with Gasteiger partial charge in [-0.05, 0) is 24.4 Å². The molecule has 116 valence electrons. The maximum Gasteiger partial charge on any atom is 0.272 e. The summed E-state index contributed by atoms with van der Waals surface area (Å²) in [5.41, 5.74) is 3.12. The molecule has 23 heavy (non-hydrogen) atoms. The average molecular weight is 326 g/mol. The van der Waals surface area contributed by atoms with Crippen LogP contribution >= 0.6 is 11.8 Å². The molecule has 0 spiro atoms. The first-order chi connectivity index (χ1) is 11.2. The number of hydrogen-bond donors (Lipinski definition) is 3. The van der Waals surface area contributed by atoms with Crippen molar-refractivity contribution in [3.63, 3.8) is 0 Å². The summed E-state index contributed by atoms with van der Waals surface area (Å²) >= 11 is 1.46. The van der Waals surface area contributed by atoms with Gasteiger partial charge in [0.15, 0.2) is 0 Å². The Hall–Kier alpha value is -2.67.